The first kappa shape index (κ1) is 22.1. The van der Waals surface area contributed by atoms with Crippen LogP contribution in [0.3, 0.4) is 0 Å². The third-order valence-corrected chi connectivity index (χ3v) is 5.04. The van der Waals surface area contributed by atoms with E-state index in [4.69, 9.17) is 4.74 Å². The van der Waals surface area contributed by atoms with Crippen LogP contribution in [0.15, 0.2) is 53.5 Å². The predicted molar refractivity (Wildman–Crippen MR) is 122 cm³/mol. The molecule has 3 aromatic rings. The van der Waals surface area contributed by atoms with Crippen LogP contribution in [0.5, 0.6) is 11.5 Å². The van der Waals surface area contributed by atoms with Gasteiger partial charge in [-0.05, 0) is 57.0 Å². The number of nitrogens with zero attached hydrogens (tertiary/aromatic N) is 2. The first-order chi connectivity index (χ1) is 14.8. The van der Waals surface area contributed by atoms with Crippen molar-refractivity contribution in [2.45, 2.75) is 40.2 Å². The Morgan fingerprint density at radius 2 is 1.94 bits per heavy atom. The zero-order valence-electron chi connectivity index (χ0n) is 18.5. The summed E-state index contributed by atoms with van der Waals surface area (Å²) in [6.45, 7) is 7.92. The van der Waals surface area contributed by atoms with Gasteiger partial charge in [0.1, 0.15) is 5.75 Å². The Hall–Kier alpha value is -3.61. The van der Waals surface area contributed by atoms with Gasteiger partial charge in [0.15, 0.2) is 11.4 Å². The molecule has 1 amide bonds. The van der Waals surface area contributed by atoms with Crippen molar-refractivity contribution in [1.29, 1.82) is 0 Å². The number of anilines is 2. The number of aromatic nitrogens is 2. The summed E-state index contributed by atoms with van der Waals surface area (Å²) in [7, 11) is 1.57. The van der Waals surface area contributed by atoms with Gasteiger partial charge in [-0.1, -0.05) is 30.7 Å². The second kappa shape index (κ2) is 9.47. The molecule has 0 aliphatic rings. The number of carbonyl (C=O) groups is 1. The first-order valence-corrected chi connectivity index (χ1v) is 10.3. The third-order valence-electron chi connectivity index (χ3n) is 5.04. The molecule has 0 unspecified atom stereocenters. The summed E-state index contributed by atoms with van der Waals surface area (Å²) >= 11 is 0. The molecular formula is C24H28N4O3. The number of carbonyl (C=O) groups excluding carboxylic acids is 1. The molecule has 1 aromatic heterocycles. The fraction of sp³-hybridized carbons (Fsp3) is 0.292. The lowest BCUT2D eigenvalue weighted by molar-refractivity contribution is 0.0939. The maximum absolute atomic E-state index is 12.8. The van der Waals surface area contributed by atoms with Gasteiger partial charge in [-0.25, -0.2) is 4.68 Å². The average Bonchev–Trinajstić information content (AvgIpc) is 2.75. The highest BCUT2D eigenvalue weighted by Crippen LogP contribution is 2.30. The van der Waals surface area contributed by atoms with E-state index in [-0.39, 0.29) is 23.2 Å². The first-order valence-electron chi connectivity index (χ1n) is 10.3. The predicted octanol–water partition coefficient (Wildman–Crippen LogP) is 4.46. The molecule has 0 saturated carbocycles. The van der Waals surface area contributed by atoms with Crippen LogP contribution in [0.2, 0.25) is 0 Å². The molecule has 1 atom stereocenters. The van der Waals surface area contributed by atoms with Gasteiger partial charge in [0.2, 0.25) is 0 Å². The van der Waals surface area contributed by atoms with Gasteiger partial charge in [0.25, 0.3) is 11.5 Å². The lowest BCUT2D eigenvalue weighted by atomic mass is 10.1. The van der Waals surface area contributed by atoms with Crippen molar-refractivity contribution in [2.24, 2.45) is 7.05 Å². The van der Waals surface area contributed by atoms with Crippen molar-refractivity contribution in [2.75, 3.05) is 5.32 Å². The van der Waals surface area contributed by atoms with Gasteiger partial charge in [0, 0.05) is 24.3 Å². The molecule has 31 heavy (non-hydrogen) atoms. The second-order valence-corrected chi connectivity index (χ2v) is 7.67. The van der Waals surface area contributed by atoms with Crippen LogP contribution in [0, 0.1) is 13.8 Å². The molecule has 2 N–H and O–H groups in total. The molecule has 0 aliphatic heterocycles. The van der Waals surface area contributed by atoms with Gasteiger partial charge < -0.3 is 15.4 Å². The fourth-order valence-corrected chi connectivity index (χ4v) is 3.04. The maximum atomic E-state index is 12.8. The maximum Gasteiger partial charge on any atom is 0.294 e. The zero-order valence-corrected chi connectivity index (χ0v) is 18.5. The summed E-state index contributed by atoms with van der Waals surface area (Å²) in [4.78, 5) is 25.3. The zero-order chi connectivity index (χ0) is 22.5. The van der Waals surface area contributed by atoms with Gasteiger partial charge in [0.05, 0.1) is 6.20 Å². The van der Waals surface area contributed by atoms with Gasteiger partial charge >= 0.3 is 0 Å². The van der Waals surface area contributed by atoms with Crippen LogP contribution < -0.4 is 20.9 Å². The largest absolute Gasteiger partial charge is 0.453 e. The van der Waals surface area contributed by atoms with Crippen molar-refractivity contribution in [3.63, 3.8) is 0 Å². The van der Waals surface area contributed by atoms with E-state index in [1.807, 2.05) is 45.9 Å². The highest BCUT2D eigenvalue weighted by atomic mass is 16.5. The molecule has 7 heteroatoms. The molecule has 0 fully saturated rings. The van der Waals surface area contributed by atoms with E-state index in [2.05, 4.69) is 15.7 Å². The molecule has 1 heterocycles. The summed E-state index contributed by atoms with van der Waals surface area (Å²) in [5.41, 5.74) is 3.10. The van der Waals surface area contributed by atoms with Crippen molar-refractivity contribution in [1.82, 2.24) is 15.1 Å². The minimum absolute atomic E-state index is 0.0781. The normalized spacial score (nSPS) is 11.6. The van der Waals surface area contributed by atoms with Crippen LogP contribution in [0.1, 0.15) is 41.8 Å². The molecule has 7 nitrogen and oxygen atoms in total. The Morgan fingerprint density at radius 1 is 1.16 bits per heavy atom. The van der Waals surface area contributed by atoms with Crippen LogP contribution >= 0.6 is 0 Å². The van der Waals surface area contributed by atoms with Crippen LogP contribution in [-0.4, -0.2) is 21.7 Å². The summed E-state index contributed by atoms with van der Waals surface area (Å²) in [6.07, 6.45) is 2.35. The minimum atomic E-state index is -0.336. The molecule has 0 bridgehead atoms. The Kier molecular flexibility index (Phi) is 6.74. The number of rotatable bonds is 7. The Bertz CT molecular complexity index is 1150. The van der Waals surface area contributed by atoms with Crippen molar-refractivity contribution in [3.8, 4) is 11.5 Å². The number of nitrogens with one attached hydrogen (secondary N) is 2. The molecule has 0 aliphatic carbocycles. The van der Waals surface area contributed by atoms with E-state index >= 15 is 0 Å². The highest BCUT2D eigenvalue weighted by molar-refractivity contribution is 5.95. The second-order valence-electron chi connectivity index (χ2n) is 7.67. The van der Waals surface area contributed by atoms with E-state index in [1.165, 1.54) is 10.9 Å². The summed E-state index contributed by atoms with van der Waals surface area (Å²) < 4.78 is 7.26. The number of hydrogen-bond acceptors (Lipinski definition) is 5. The molecule has 162 valence electrons. The van der Waals surface area contributed by atoms with E-state index in [9.17, 15) is 9.59 Å². The van der Waals surface area contributed by atoms with Gasteiger partial charge in [-0.15, -0.1) is 0 Å². The van der Waals surface area contributed by atoms with Crippen molar-refractivity contribution >= 4 is 17.3 Å². The highest BCUT2D eigenvalue weighted by Gasteiger charge is 2.15. The van der Waals surface area contributed by atoms with Crippen LogP contribution in [0.25, 0.3) is 0 Å². The molecule has 0 saturated heterocycles. The van der Waals surface area contributed by atoms with E-state index in [0.717, 1.165) is 17.5 Å². The fourth-order valence-electron chi connectivity index (χ4n) is 3.04. The lowest BCUT2D eigenvalue weighted by Gasteiger charge is -2.15. The Labute approximate surface area is 182 Å². The van der Waals surface area contributed by atoms with Crippen LogP contribution in [0.4, 0.5) is 11.4 Å². The van der Waals surface area contributed by atoms with Crippen molar-refractivity contribution in [3.05, 3.63) is 75.7 Å². The number of ether oxygens (including phenoxy) is 1. The minimum Gasteiger partial charge on any atom is -0.453 e. The smallest absolute Gasteiger partial charge is 0.294 e. The van der Waals surface area contributed by atoms with E-state index in [0.29, 0.717) is 22.7 Å². The topological polar surface area (TPSA) is 85.2 Å². The summed E-state index contributed by atoms with van der Waals surface area (Å²) in [5, 5.41) is 10.1. The van der Waals surface area contributed by atoms with Gasteiger partial charge in [-0.3, -0.25) is 9.59 Å². The molecule has 0 radical (unpaired) electrons. The van der Waals surface area contributed by atoms with E-state index < -0.39 is 0 Å². The molecule has 2 aromatic carbocycles. The summed E-state index contributed by atoms with van der Waals surface area (Å²) in [6, 6.07) is 12.9. The number of hydrogen-bond donors (Lipinski definition) is 2. The lowest BCUT2D eigenvalue weighted by Crippen LogP contribution is -2.31. The van der Waals surface area contributed by atoms with Crippen molar-refractivity contribution < 1.29 is 9.53 Å². The van der Waals surface area contributed by atoms with Crippen LogP contribution in [-0.2, 0) is 7.05 Å². The Morgan fingerprint density at radius 3 is 2.65 bits per heavy atom. The number of benzene rings is 2. The van der Waals surface area contributed by atoms with E-state index in [1.54, 1.807) is 31.3 Å². The standard InChI is InChI=1S/C24H28N4O3/c1-6-17(4)26-23(29)18-8-7-9-19(13-18)27-22-21(14-25-28(5)24(22)30)31-20-11-10-15(2)12-16(20)3/h7-14,17,27H,6H2,1-5H3,(H,26,29)/t17-/m0/s1. The molecule has 3 rings (SSSR count). The summed E-state index contributed by atoms with van der Waals surface area (Å²) in [5.74, 6) is 0.794. The average molecular weight is 421 g/mol. The van der Waals surface area contributed by atoms with Gasteiger partial charge in [-0.2, -0.15) is 5.10 Å². The monoisotopic (exact) mass is 420 g/mol. The SMILES string of the molecule is CC[C@H](C)NC(=O)c1cccc(Nc2c(Oc3ccc(C)cc3C)cnn(C)c2=O)c1. The third kappa shape index (κ3) is 5.31. The number of amides is 1. The quantitative estimate of drug-likeness (QED) is 0.589. The number of aryl methyl sites for hydroxylation is 3. The Balaban J connectivity index is 1.93. The molecular weight excluding hydrogens is 392 g/mol. The molecule has 0 spiro atoms.